The number of benzene rings is 3. The summed E-state index contributed by atoms with van der Waals surface area (Å²) in [5.41, 5.74) is 5.97. The zero-order chi connectivity index (χ0) is 26.1. The molecule has 186 valence electrons. The Hall–Kier alpha value is -3.09. The van der Waals surface area contributed by atoms with Crippen LogP contribution in [0.4, 0.5) is 5.69 Å². The van der Waals surface area contributed by atoms with Crippen LogP contribution in [-0.4, -0.2) is 10.5 Å². The average Bonchev–Trinajstić information content (AvgIpc) is 3.37. The predicted molar refractivity (Wildman–Crippen MR) is 156 cm³/mol. The normalized spacial score (nSPS) is 11.5. The van der Waals surface area contributed by atoms with Crippen LogP contribution in [0.1, 0.15) is 22.0 Å². The molecular weight excluding hydrogens is 545 g/mol. The van der Waals surface area contributed by atoms with Crippen molar-refractivity contribution in [1.29, 1.82) is 0 Å². The molecule has 2 aromatic heterocycles. The quantitative estimate of drug-likeness (QED) is 0.162. The standard InChI is InChI=1S/C29H22Cl3N3OS/c1-18-14-20(19(2)35(18)21-8-4-3-5-9-21)12-13-29-34(26-10-6-7-11-27(26)37-29)17-28(36)33-25-16-23(31)22(30)15-24(25)32/h3-16H,17H2,1-2H3/p+1. The molecule has 1 amide bonds. The monoisotopic (exact) mass is 566 g/mol. The number of nitrogens with one attached hydrogen (secondary N) is 1. The molecule has 4 nitrogen and oxygen atoms in total. The van der Waals surface area contributed by atoms with Gasteiger partial charge < -0.3 is 9.88 Å². The summed E-state index contributed by atoms with van der Waals surface area (Å²) in [5, 5.41) is 4.81. The third-order valence-electron chi connectivity index (χ3n) is 6.11. The van der Waals surface area contributed by atoms with E-state index in [1.54, 1.807) is 17.4 Å². The molecule has 0 aliphatic heterocycles. The van der Waals surface area contributed by atoms with Crippen molar-refractivity contribution in [2.45, 2.75) is 20.4 Å². The van der Waals surface area contributed by atoms with Crippen LogP contribution in [0.15, 0.2) is 72.8 Å². The summed E-state index contributed by atoms with van der Waals surface area (Å²) in [4.78, 5) is 13.1. The summed E-state index contributed by atoms with van der Waals surface area (Å²) < 4.78 is 5.35. The van der Waals surface area contributed by atoms with Crippen LogP contribution in [0.25, 0.3) is 28.1 Å². The number of nitrogens with zero attached hydrogens (tertiary/aromatic N) is 2. The van der Waals surface area contributed by atoms with Gasteiger partial charge in [-0.15, -0.1) is 0 Å². The van der Waals surface area contributed by atoms with Gasteiger partial charge in [-0.1, -0.05) is 76.5 Å². The number of halogens is 3. The minimum absolute atomic E-state index is 0.114. The number of rotatable bonds is 6. The molecule has 8 heteroatoms. The Bertz CT molecular complexity index is 1650. The Balaban J connectivity index is 1.46. The topological polar surface area (TPSA) is 37.9 Å². The highest BCUT2D eigenvalue weighted by atomic mass is 35.5. The Morgan fingerprint density at radius 2 is 1.62 bits per heavy atom. The number of thiazole rings is 1. The SMILES string of the molecule is Cc1cc(C=Cc2sc3ccccc3[n+]2CC(=O)Nc2cc(Cl)c(Cl)cc2Cl)c(C)n1-c1ccccc1. The van der Waals surface area contributed by atoms with E-state index in [2.05, 4.69) is 60.1 Å². The molecule has 37 heavy (non-hydrogen) atoms. The number of carbonyl (C=O) groups excluding carboxylic acids is 1. The molecule has 0 spiro atoms. The van der Waals surface area contributed by atoms with E-state index in [4.69, 9.17) is 34.8 Å². The average molecular weight is 568 g/mol. The van der Waals surface area contributed by atoms with E-state index in [1.165, 1.54) is 6.07 Å². The van der Waals surface area contributed by atoms with Crippen molar-refractivity contribution < 1.29 is 9.36 Å². The second-order valence-corrected chi connectivity index (χ2v) is 10.9. The van der Waals surface area contributed by atoms with Gasteiger partial charge in [-0.2, -0.15) is 4.57 Å². The lowest BCUT2D eigenvalue weighted by Gasteiger charge is -2.09. The number of aromatic nitrogens is 2. The zero-order valence-electron chi connectivity index (χ0n) is 20.1. The number of anilines is 1. The van der Waals surface area contributed by atoms with Gasteiger partial charge >= 0.3 is 0 Å². The fourth-order valence-corrected chi connectivity index (χ4v) is 6.04. The maximum Gasteiger partial charge on any atom is 0.290 e. The largest absolute Gasteiger partial charge is 0.319 e. The summed E-state index contributed by atoms with van der Waals surface area (Å²) in [6, 6.07) is 23.6. The van der Waals surface area contributed by atoms with E-state index in [0.29, 0.717) is 20.8 Å². The summed E-state index contributed by atoms with van der Waals surface area (Å²) in [6.45, 7) is 4.34. The van der Waals surface area contributed by atoms with Gasteiger partial charge in [0, 0.05) is 29.2 Å². The summed E-state index contributed by atoms with van der Waals surface area (Å²) in [5.74, 6) is -0.217. The van der Waals surface area contributed by atoms with Crippen molar-refractivity contribution in [2.75, 3.05) is 5.32 Å². The highest BCUT2D eigenvalue weighted by Crippen LogP contribution is 2.32. The highest BCUT2D eigenvalue weighted by molar-refractivity contribution is 7.18. The van der Waals surface area contributed by atoms with Gasteiger partial charge in [0.1, 0.15) is 4.70 Å². The first kappa shape index (κ1) is 25.6. The summed E-state index contributed by atoms with van der Waals surface area (Å²) >= 11 is 20.1. The van der Waals surface area contributed by atoms with Crippen molar-refractivity contribution >= 4 is 80.1 Å². The van der Waals surface area contributed by atoms with Crippen molar-refractivity contribution in [3.8, 4) is 5.69 Å². The number of amides is 1. The van der Waals surface area contributed by atoms with Gasteiger partial charge in [0.2, 0.25) is 12.1 Å². The number of hydrogen-bond donors (Lipinski definition) is 1. The van der Waals surface area contributed by atoms with Crippen LogP contribution in [0, 0.1) is 13.8 Å². The van der Waals surface area contributed by atoms with E-state index in [0.717, 1.165) is 37.9 Å². The van der Waals surface area contributed by atoms with Gasteiger partial charge in [-0.05, 0) is 61.9 Å². The smallest absolute Gasteiger partial charge is 0.290 e. The van der Waals surface area contributed by atoms with E-state index in [-0.39, 0.29) is 12.5 Å². The molecule has 1 N–H and O–H groups in total. The Kier molecular flexibility index (Phi) is 7.40. The molecule has 5 rings (SSSR count). The van der Waals surface area contributed by atoms with Crippen LogP contribution in [-0.2, 0) is 11.3 Å². The van der Waals surface area contributed by atoms with Crippen molar-refractivity contribution in [3.63, 3.8) is 0 Å². The van der Waals surface area contributed by atoms with Crippen LogP contribution in [0.5, 0.6) is 0 Å². The van der Waals surface area contributed by atoms with Crippen molar-refractivity contribution in [2.24, 2.45) is 0 Å². The Morgan fingerprint density at radius 3 is 2.41 bits per heavy atom. The second-order valence-electron chi connectivity index (χ2n) is 8.62. The molecular formula is C29H23Cl3N3OS+. The van der Waals surface area contributed by atoms with Crippen LogP contribution >= 0.6 is 46.1 Å². The fraction of sp³-hybridized carbons (Fsp3) is 0.103. The van der Waals surface area contributed by atoms with Crippen LogP contribution in [0.2, 0.25) is 15.1 Å². The fourth-order valence-electron chi connectivity index (χ4n) is 4.38. The third kappa shape index (κ3) is 5.32. The molecule has 0 saturated heterocycles. The minimum atomic E-state index is -0.217. The molecule has 0 fully saturated rings. The number of hydrogen-bond acceptors (Lipinski definition) is 2. The molecule has 0 radical (unpaired) electrons. The lowest BCUT2D eigenvalue weighted by molar-refractivity contribution is -0.655. The van der Waals surface area contributed by atoms with Crippen molar-refractivity contribution in [1.82, 2.24) is 4.57 Å². The van der Waals surface area contributed by atoms with E-state index < -0.39 is 0 Å². The zero-order valence-corrected chi connectivity index (χ0v) is 23.2. The maximum atomic E-state index is 13.1. The molecule has 0 unspecified atom stereocenters. The maximum absolute atomic E-state index is 13.1. The lowest BCUT2D eigenvalue weighted by atomic mass is 10.2. The van der Waals surface area contributed by atoms with Gasteiger partial charge in [-0.25, -0.2) is 0 Å². The second kappa shape index (κ2) is 10.7. The number of carbonyl (C=O) groups is 1. The third-order valence-corrected chi connectivity index (χ3v) is 8.28. The first-order valence-corrected chi connectivity index (χ1v) is 13.5. The van der Waals surface area contributed by atoms with Gasteiger partial charge in [0.15, 0.2) is 0 Å². The predicted octanol–water partition coefficient (Wildman–Crippen LogP) is 8.37. The first-order valence-electron chi connectivity index (χ1n) is 11.6. The summed E-state index contributed by atoms with van der Waals surface area (Å²) in [6.07, 6.45) is 4.18. The van der Waals surface area contributed by atoms with Gasteiger partial charge in [0.25, 0.3) is 10.9 Å². The van der Waals surface area contributed by atoms with Gasteiger partial charge in [-0.3, -0.25) is 4.79 Å². The molecule has 0 aliphatic rings. The van der Waals surface area contributed by atoms with Crippen LogP contribution in [0.3, 0.4) is 0 Å². The van der Waals surface area contributed by atoms with E-state index in [1.807, 2.05) is 41.0 Å². The van der Waals surface area contributed by atoms with E-state index in [9.17, 15) is 4.79 Å². The minimum Gasteiger partial charge on any atom is -0.319 e. The molecule has 0 atom stereocenters. The van der Waals surface area contributed by atoms with Crippen LogP contribution < -0.4 is 9.88 Å². The Labute approximate surface area is 234 Å². The highest BCUT2D eigenvalue weighted by Gasteiger charge is 2.22. The van der Waals surface area contributed by atoms with E-state index >= 15 is 0 Å². The molecule has 3 aromatic carbocycles. The molecule has 0 saturated carbocycles. The Morgan fingerprint density at radius 1 is 0.919 bits per heavy atom. The molecule has 5 aromatic rings. The summed E-state index contributed by atoms with van der Waals surface area (Å²) in [7, 11) is 0. The number of aryl methyl sites for hydroxylation is 1. The van der Waals surface area contributed by atoms with Crippen molar-refractivity contribution in [3.05, 3.63) is 110 Å². The lowest BCUT2D eigenvalue weighted by Crippen LogP contribution is -2.41. The van der Waals surface area contributed by atoms with Gasteiger partial charge in [0.05, 0.1) is 20.8 Å². The molecule has 2 heterocycles. The number of fused-ring (bicyclic) bond motifs is 1. The number of para-hydroxylation sites is 2. The molecule has 0 bridgehead atoms. The first-order chi connectivity index (χ1) is 17.8. The molecule has 0 aliphatic carbocycles.